The van der Waals surface area contributed by atoms with Gasteiger partial charge in [0.15, 0.2) is 0 Å². The molecule has 0 bridgehead atoms. The molecule has 0 saturated carbocycles. The van der Waals surface area contributed by atoms with Gasteiger partial charge in [0.2, 0.25) is 5.91 Å². The van der Waals surface area contributed by atoms with Crippen LogP contribution in [0, 0.1) is 6.92 Å². The number of carbonyl (C=O) groups is 3. The number of hydrogen-bond donors (Lipinski definition) is 1. The second-order valence-electron chi connectivity index (χ2n) is 8.37. The Morgan fingerprint density at radius 2 is 1.69 bits per heavy atom. The smallest absolute Gasteiger partial charge is 0.348 e. The Kier molecular flexibility index (Phi) is 8.98. The van der Waals surface area contributed by atoms with Crippen molar-refractivity contribution in [2.75, 3.05) is 18.5 Å². The molecule has 4 rings (SSSR count). The van der Waals surface area contributed by atoms with Crippen LogP contribution in [0.2, 0.25) is 0 Å². The van der Waals surface area contributed by atoms with Crippen LogP contribution in [-0.2, 0) is 27.2 Å². The van der Waals surface area contributed by atoms with Crippen molar-refractivity contribution in [3.8, 4) is 11.1 Å². The maximum Gasteiger partial charge on any atom is 0.348 e. The fourth-order valence-corrected chi connectivity index (χ4v) is 6.58. The minimum absolute atomic E-state index is 0.0853. The molecule has 0 aliphatic rings. The zero-order valence-corrected chi connectivity index (χ0v) is 25.0. The molecular formula is C27H26BrN3O6S2. The van der Waals surface area contributed by atoms with E-state index in [1.807, 2.05) is 31.2 Å². The van der Waals surface area contributed by atoms with Crippen LogP contribution in [0.15, 0.2) is 39.9 Å². The number of carbonyl (C=O) groups excluding carboxylic acids is 3. The lowest BCUT2D eigenvalue weighted by molar-refractivity contribution is -0.116. The van der Waals surface area contributed by atoms with Gasteiger partial charge in [0.05, 0.1) is 30.5 Å². The van der Waals surface area contributed by atoms with Gasteiger partial charge >= 0.3 is 11.9 Å². The van der Waals surface area contributed by atoms with Gasteiger partial charge < -0.3 is 14.8 Å². The van der Waals surface area contributed by atoms with Gasteiger partial charge in [-0.15, -0.1) is 22.7 Å². The number of esters is 2. The fourth-order valence-electron chi connectivity index (χ4n) is 4.12. The van der Waals surface area contributed by atoms with Gasteiger partial charge in [-0.25, -0.2) is 14.6 Å². The molecule has 0 fully saturated rings. The lowest BCUT2D eigenvalue weighted by Crippen LogP contribution is -2.28. The molecule has 0 aliphatic heterocycles. The second-order valence-corrected chi connectivity index (χ2v) is 11.4. The third kappa shape index (κ3) is 5.82. The van der Waals surface area contributed by atoms with Crippen molar-refractivity contribution in [1.29, 1.82) is 0 Å². The van der Waals surface area contributed by atoms with E-state index in [-0.39, 0.29) is 40.8 Å². The highest BCUT2D eigenvalue weighted by molar-refractivity contribution is 9.10. The Hall–Kier alpha value is -3.35. The Balaban J connectivity index is 1.70. The summed E-state index contributed by atoms with van der Waals surface area (Å²) in [6.07, 6.45) is 2.07. The number of halogens is 1. The summed E-state index contributed by atoms with van der Waals surface area (Å²) in [6, 6.07) is 7.70. The number of thiophene rings is 2. The van der Waals surface area contributed by atoms with Crippen molar-refractivity contribution in [3.05, 3.63) is 66.3 Å². The third-order valence-corrected chi connectivity index (χ3v) is 8.82. The average molecular weight is 633 g/mol. The van der Waals surface area contributed by atoms with E-state index in [0.717, 1.165) is 38.2 Å². The molecule has 9 nitrogen and oxygen atoms in total. The SMILES string of the molecule is CCOC(=O)c1sc(NC(=O)Cn2cnc3sc(CC)c(-c4ccc(Br)cc4)c3c2=O)c(C(=O)OCC)c1C. The minimum Gasteiger partial charge on any atom is -0.462 e. The lowest BCUT2D eigenvalue weighted by Gasteiger charge is -2.09. The lowest BCUT2D eigenvalue weighted by atomic mass is 10.0. The maximum atomic E-state index is 13.6. The zero-order valence-electron chi connectivity index (χ0n) is 21.8. The molecule has 12 heteroatoms. The number of nitrogens with zero attached hydrogens (tertiary/aromatic N) is 2. The van der Waals surface area contributed by atoms with Crippen LogP contribution in [-0.4, -0.2) is 40.6 Å². The highest BCUT2D eigenvalue weighted by Crippen LogP contribution is 2.37. The molecule has 204 valence electrons. The minimum atomic E-state index is -0.665. The number of fused-ring (bicyclic) bond motifs is 1. The number of hydrogen-bond acceptors (Lipinski definition) is 9. The molecule has 1 aromatic carbocycles. The molecule has 0 radical (unpaired) electrons. The van der Waals surface area contributed by atoms with E-state index < -0.39 is 17.8 Å². The molecule has 0 saturated heterocycles. The summed E-state index contributed by atoms with van der Waals surface area (Å²) in [5.41, 5.74) is 1.81. The number of aromatic nitrogens is 2. The monoisotopic (exact) mass is 631 g/mol. The van der Waals surface area contributed by atoms with Crippen molar-refractivity contribution in [2.24, 2.45) is 0 Å². The molecule has 3 heterocycles. The summed E-state index contributed by atoms with van der Waals surface area (Å²) >= 11 is 5.83. The van der Waals surface area contributed by atoms with Crippen LogP contribution < -0.4 is 10.9 Å². The predicted octanol–water partition coefficient (Wildman–Crippen LogP) is 5.81. The highest BCUT2D eigenvalue weighted by atomic mass is 79.9. The van der Waals surface area contributed by atoms with E-state index in [2.05, 4.69) is 26.2 Å². The third-order valence-electron chi connectivity index (χ3n) is 5.86. The van der Waals surface area contributed by atoms with Crippen LogP contribution in [0.25, 0.3) is 21.3 Å². The van der Waals surface area contributed by atoms with Gasteiger partial charge in [-0.05, 0) is 50.5 Å². The summed E-state index contributed by atoms with van der Waals surface area (Å²) in [4.78, 5) is 58.1. The van der Waals surface area contributed by atoms with Crippen molar-refractivity contribution in [3.63, 3.8) is 0 Å². The summed E-state index contributed by atoms with van der Waals surface area (Å²) in [5.74, 6) is -1.82. The van der Waals surface area contributed by atoms with E-state index in [0.29, 0.717) is 15.8 Å². The standard InChI is InChI=1S/C27H26BrN3O6S2/c1-5-17-20(15-8-10-16(28)11-9-15)21-23(38-17)29-13-31(25(21)33)12-18(32)30-24-19(26(34)36-6-2)14(4)22(39-24)27(35)37-7-3/h8-11,13H,5-7,12H2,1-4H3,(H,30,32). The summed E-state index contributed by atoms with van der Waals surface area (Å²) in [6.45, 7) is 6.90. The topological polar surface area (TPSA) is 117 Å². The van der Waals surface area contributed by atoms with E-state index in [4.69, 9.17) is 9.47 Å². The summed E-state index contributed by atoms with van der Waals surface area (Å²) < 4.78 is 12.4. The molecule has 3 aromatic heterocycles. The van der Waals surface area contributed by atoms with Gasteiger partial charge in [-0.1, -0.05) is 35.0 Å². The van der Waals surface area contributed by atoms with E-state index in [1.165, 1.54) is 22.2 Å². The van der Waals surface area contributed by atoms with Gasteiger partial charge in [-0.3, -0.25) is 14.2 Å². The molecule has 1 N–H and O–H groups in total. The van der Waals surface area contributed by atoms with Crippen LogP contribution >= 0.6 is 38.6 Å². The molecule has 0 aliphatic carbocycles. The second kappa shape index (κ2) is 12.2. The molecule has 0 atom stereocenters. The average Bonchev–Trinajstić information content (AvgIpc) is 3.44. The van der Waals surface area contributed by atoms with Crippen molar-refractivity contribution >= 4 is 71.7 Å². The highest BCUT2D eigenvalue weighted by Gasteiger charge is 2.27. The number of nitrogens with one attached hydrogen (secondary N) is 1. The quantitative estimate of drug-likeness (QED) is 0.232. The van der Waals surface area contributed by atoms with Crippen molar-refractivity contribution < 1.29 is 23.9 Å². The molecule has 1 amide bonds. The summed E-state index contributed by atoms with van der Waals surface area (Å²) in [5, 5.41) is 3.29. The number of amides is 1. The van der Waals surface area contributed by atoms with E-state index in [9.17, 15) is 19.2 Å². The van der Waals surface area contributed by atoms with Crippen LogP contribution in [0.1, 0.15) is 51.2 Å². The van der Waals surface area contributed by atoms with Crippen molar-refractivity contribution in [1.82, 2.24) is 9.55 Å². The maximum absolute atomic E-state index is 13.6. The summed E-state index contributed by atoms with van der Waals surface area (Å²) in [7, 11) is 0. The Morgan fingerprint density at radius 3 is 2.33 bits per heavy atom. The Labute approximate surface area is 240 Å². The van der Waals surface area contributed by atoms with Gasteiger partial charge in [0.25, 0.3) is 5.56 Å². The number of ether oxygens (including phenoxy) is 2. The molecular weight excluding hydrogens is 606 g/mol. The van der Waals surface area contributed by atoms with E-state index >= 15 is 0 Å². The molecule has 39 heavy (non-hydrogen) atoms. The predicted molar refractivity (Wildman–Crippen MR) is 156 cm³/mol. The normalized spacial score (nSPS) is 11.0. The van der Waals surface area contributed by atoms with Gasteiger partial charge in [-0.2, -0.15) is 0 Å². The first-order valence-electron chi connectivity index (χ1n) is 12.2. The molecule has 0 unspecified atom stereocenters. The number of anilines is 1. The number of rotatable bonds is 9. The number of benzene rings is 1. The fraction of sp³-hybridized carbons (Fsp3) is 0.296. The number of aryl methyl sites for hydroxylation is 1. The van der Waals surface area contributed by atoms with Gasteiger partial charge in [0.1, 0.15) is 21.3 Å². The van der Waals surface area contributed by atoms with Crippen LogP contribution in [0.5, 0.6) is 0 Å². The van der Waals surface area contributed by atoms with E-state index in [1.54, 1.807) is 20.8 Å². The van der Waals surface area contributed by atoms with Crippen LogP contribution in [0.3, 0.4) is 0 Å². The largest absolute Gasteiger partial charge is 0.462 e. The first-order chi connectivity index (χ1) is 18.7. The first kappa shape index (κ1) is 28.7. The molecule has 4 aromatic rings. The van der Waals surface area contributed by atoms with Crippen LogP contribution in [0.4, 0.5) is 5.00 Å². The molecule has 0 spiro atoms. The van der Waals surface area contributed by atoms with Crippen molar-refractivity contribution in [2.45, 2.75) is 40.7 Å². The Morgan fingerprint density at radius 1 is 1.03 bits per heavy atom. The zero-order chi connectivity index (χ0) is 28.3. The van der Waals surface area contributed by atoms with Gasteiger partial charge in [0, 0.05) is 14.9 Å². The Bertz CT molecular complexity index is 1620. The first-order valence-corrected chi connectivity index (χ1v) is 14.7.